The predicted octanol–water partition coefficient (Wildman–Crippen LogP) is 3.98. The zero-order chi connectivity index (χ0) is 17.7. The molecule has 1 heterocycles. The molecule has 7 heteroatoms. The topological polar surface area (TPSA) is 69.4 Å². The number of nitrogens with zero attached hydrogens (tertiary/aromatic N) is 1. The number of ether oxygens (including phenoxy) is 1. The fourth-order valence-electron chi connectivity index (χ4n) is 3.00. The van der Waals surface area contributed by atoms with Crippen molar-refractivity contribution in [3.05, 3.63) is 23.0 Å². The Morgan fingerprint density at radius 3 is 2.58 bits per heavy atom. The predicted molar refractivity (Wildman–Crippen MR) is 93.3 cm³/mol. The van der Waals surface area contributed by atoms with Gasteiger partial charge in [0.2, 0.25) is 5.89 Å². The lowest BCUT2D eigenvalue weighted by atomic mass is 9.85. The van der Waals surface area contributed by atoms with E-state index in [4.69, 9.17) is 20.8 Å². The van der Waals surface area contributed by atoms with E-state index in [1.54, 1.807) is 19.2 Å². The highest BCUT2D eigenvalue weighted by Crippen LogP contribution is 2.41. The molecule has 0 saturated heterocycles. The Hall–Kier alpha value is -1.11. The van der Waals surface area contributed by atoms with Gasteiger partial charge in [0.15, 0.2) is 15.4 Å². The summed E-state index contributed by atoms with van der Waals surface area (Å²) in [5.74, 6) is 0.787. The van der Waals surface area contributed by atoms with Crippen molar-refractivity contribution in [2.24, 2.45) is 5.92 Å². The third kappa shape index (κ3) is 2.95. The van der Waals surface area contributed by atoms with Gasteiger partial charge in [0, 0.05) is 19.1 Å². The molecule has 2 aromatic rings. The molecular weight excluding hydrogens is 350 g/mol. The molecule has 1 fully saturated rings. The maximum absolute atomic E-state index is 13.0. The van der Waals surface area contributed by atoms with Crippen LogP contribution in [0, 0.1) is 5.92 Å². The summed E-state index contributed by atoms with van der Waals surface area (Å²) in [4.78, 5) is 4.51. The van der Waals surface area contributed by atoms with Crippen LogP contribution in [0.3, 0.4) is 0 Å². The molecular formula is C17H22ClNO4S. The average molecular weight is 372 g/mol. The summed E-state index contributed by atoms with van der Waals surface area (Å²) in [6, 6.07) is 3.28. The minimum absolute atomic E-state index is 0.0746. The van der Waals surface area contributed by atoms with Gasteiger partial charge in [0.25, 0.3) is 0 Å². The zero-order valence-corrected chi connectivity index (χ0v) is 15.9. The Morgan fingerprint density at radius 2 is 2.00 bits per heavy atom. The van der Waals surface area contributed by atoms with Crippen LogP contribution in [0.15, 0.2) is 21.4 Å². The number of methoxy groups -OCH3 is 1. The first-order valence-corrected chi connectivity index (χ1v) is 9.89. The van der Waals surface area contributed by atoms with E-state index in [1.165, 1.54) is 0 Å². The van der Waals surface area contributed by atoms with E-state index >= 15 is 0 Å². The molecule has 0 N–H and O–H groups in total. The second-order valence-electron chi connectivity index (χ2n) is 7.45. The van der Waals surface area contributed by atoms with Gasteiger partial charge in [0.05, 0.1) is 10.3 Å². The quantitative estimate of drug-likeness (QED) is 0.813. The van der Waals surface area contributed by atoms with E-state index < -0.39 is 15.1 Å². The van der Waals surface area contributed by atoms with Gasteiger partial charge in [-0.05, 0) is 30.9 Å². The molecule has 1 aromatic carbocycles. The van der Waals surface area contributed by atoms with E-state index in [2.05, 4.69) is 4.98 Å². The number of benzene rings is 1. The van der Waals surface area contributed by atoms with Gasteiger partial charge in [-0.2, -0.15) is 0 Å². The highest BCUT2D eigenvalue weighted by Gasteiger charge is 2.42. The lowest BCUT2D eigenvalue weighted by Crippen LogP contribution is -2.38. The number of hydrogen-bond donors (Lipinski definition) is 0. The first-order valence-electron chi connectivity index (χ1n) is 7.97. The second kappa shape index (κ2) is 6.00. The summed E-state index contributed by atoms with van der Waals surface area (Å²) in [5.41, 5.74) is 0.477. The van der Waals surface area contributed by atoms with Crippen LogP contribution in [-0.2, 0) is 20.0 Å². The van der Waals surface area contributed by atoms with Crippen LogP contribution in [0.4, 0.5) is 0 Å². The van der Waals surface area contributed by atoms with Gasteiger partial charge in [-0.1, -0.05) is 32.4 Å². The molecule has 0 spiro atoms. The first kappa shape index (κ1) is 17.7. The van der Waals surface area contributed by atoms with Crippen LogP contribution >= 0.6 is 11.6 Å². The molecule has 0 amide bonds. The maximum Gasteiger partial charge on any atom is 0.200 e. The number of halogens is 1. The lowest BCUT2D eigenvalue weighted by molar-refractivity contribution is 0.113. The Labute approximate surface area is 147 Å². The number of aromatic nitrogens is 1. The highest BCUT2D eigenvalue weighted by atomic mass is 35.5. The molecule has 0 unspecified atom stereocenters. The third-order valence-electron chi connectivity index (χ3n) is 4.42. The van der Waals surface area contributed by atoms with E-state index in [9.17, 15) is 8.42 Å². The third-order valence-corrected chi connectivity index (χ3v) is 7.09. The molecule has 132 valence electrons. The number of hydrogen-bond acceptors (Lipinski definition) is 5. The van der Waals surface area contributed by atoms with Crippen molar-refractivity contribution in [3.8, 4) is 0 Å². The van der Waals surface area contributed by atoms with Crippen molar-refractivity contribution in [1.29, 1.82) is 0 Å². The Balaban J connectivity index is 2.05. The Bertz CT molecular complexity index is 861. The zero-order valence-electron chi connectivity index (χ0n) is 14.3. The molecule has 1 aromatic heterocycles. The summed E-state index contributed by atoms with van der Waals surface area (Å²) in [5, 5.41) is -0.252. The Morgan fingerprint density at radius 1 is 1.33 bits per heavy atom. The first-order chi connectivity index (χ1) is 11.1. The maximum atomic E-state index is 13.0. The van der Waals surface area contributed by atoms with Crippen molar-refractivity contribution < 1.29 is 17.6 Å². The van der Waals surface area contributed by atoms with Gasteiger partial charge in [-0.15, -0.1) is 0 Å². The van der Waals surface area contributed by atoms with Crippen molar-refractivity contribution in [3.63, 3.8) is 0 Å². The van der Waals surface area contributed by atoms with E-state index in [-0.39, 0.29) is 26.8 Å². The molecule has 24 heavy (non-hydrogen) atoms. The van der Waals surface area contributed by atoms with Gasteiger partial charge in [-0.25, -0.2) is 13.4 Å². The minimum atomic E-state index is -3.56. The van der Waals surface area contributed by atoms with Crippen molar-refractivity contribution in [1.82, 2.24) is 4.98 Å². The summed E-state index contributed by atoms with van der Waals surface area (Å²) >= 11 is 6.24. The van der Waals surface area contributed by atoms with Crippen LogP contribution in [-0.4, -0.2) is 32.4 Å². The normalized spacial score (nSPS) is 21.9. The van der Waals surface area contributed by atoms with Crippen LogP contribution in [0.2, 0.25) is 5.02 Å². The van der Waals surface area contributed by atoms with Crippen LogP contribution < -0.4 is 0 Å². The SMILES string of the molecule is COCC1CC(S(=O)(=O)c2c(Cl)ccc3nc(C(C)(C)C)oc23)C1. The molecule has 0 aliphatic heterocycles. The van der Waals surface area contributed by atoms with E-state index in [0.717, 1.165) is 0 Å². The largest absolute Gasteiger partial charge is 0.439 e. The highest BCUT2D eigenvalue weighted by molar-refractivity contribution is 7.92. The summed E-state index contributed by atoms with van der Waals surface area (Å²) < 4.78 is 37.0. The summed E-state index contributed by atoms with van der Waals surface area (Å²) in [6.45, 7) is 6.48. The number of rotatable bonds is 4. The molecule has 0 bridgehead atoms. The number of oxazole rings is 1. The summed E-state index contributed by atoms with van der Waals surface area (Å²) in [6.07, 6.45) is 1.17. The van der Waals surface area contributed by atoms with Gasteiger partial charge in [-0.3, -0.25) is 0 Å². The number of fused-ring (bicyclic) bond motifs is 1. The van der Waals surface area contributed by atoms with Gasteiger partial charge >= 0.3 is 0 Å². The van der Waals surface area contributed by atoms with Crippen LogP contribution in [0.25, 0.3) is 11.1 Å². The lowest BCUT2D eigenvalue weighted by Gasteiger charge is -2.34. The van der Waals surface area contributed by atoms with Gasteiger partial charge in [0.1, 0.15) is 10.4 Å². The van der Waals surface area contributed by atoms with Crippen molar-refractivity contribution >= 4 is 32.5 Å². The monoisotopic (exact) mass is 371 g/mol. The molecule has 5 nitrogen and oxygen atoms in total. The summed E-state index contributed by atoms with van der Waals surface area (Å²) in [7, 11) is -1.94. The standard InChI is InChI=1S/C17H22ClNO4S/c1-17(2,3)16-19-13-6-5-12(18)15(14(13)23-16)24(20,21)11-7-10(8-11)9-22-4/h5-6,10-11H,7-9H2,1-4H3. The van der Waals surface area contributed by atoms with Gasteiger partial charge < -0.3 is 9.15 Å². The molecule has 0 atom stereocenters. The average Bonchev–Trinajstić information content (AvgIpc) is 2.85. The fraction of sp³-hybridized carbons (Fsp3) is 0.588. The number of sulfone groups is 1. The van der Waals surface area contributed by atoms with Crippen LogP contribution in [0.5, 0.6) is 0 Å². The molecule has 1 saturated carbocycles. The Kier molecular flexibility index (Phi) is 4.43. The van der Waals surface area contributed by atoms with E-state index in [1.807, 2.05) is 20.8 Å². The van der Waals surface area contributed by atoms with E-state index in [0.29, 0.717) is 30.9 Å². The molecule has 3 rings (SSSR count). The molecule has 1 aliphatic rings. The molecule has 1 aliphatic carbocycles. The van der Waals surface area contributed by atoms with Crippen LogP contribution in [0.1, 0.15) is 39.5 Å². The molecule has 0 radical (unpaired) electrons. The van der Waals surface area contributed by atoms with Crippen molar-refractivity contribution in [2.45, 2.75) is 49.2 Å². The fourth-order valence-corrected chi connectivity index (χ4v) is 5.60. The smallest absolute Gasteiger partial charge is 0.200 e. The second-order valence-corrected chi connectivity index (χ2v) is 10.0. The van der Waals surface area contributed by atoms with Crippen molar-refractivity contribution in [2.75, 3.05) is 13.7 Å². The minimum Gasteiger partial charge on any atom is -0.439 e.